The van der Waals surface area contributed by atoms with Gasteiger partial charge in [0.15, 0.2) is 0 Å². The second kappa shape index (κ2) is 6.61. The summed E-state index contributed by atoms with van der Waals surface area (Å²) in [5, 5.41) is 0. The Balaban J connectivity index is 2.45. The highest BCUT2D eigenvalue weighted by Crippen LogP contribution is 2.37. The average Bonchev–Trinajstić information content (AvgIpc) is 2.25. The molecule has 0 amide bonds. The Bertz CT molecular complexity index is 167. The highest BCUT2D eigenvalue weighted by Gasteiger charge is 2.33. The van der Waals surface area contributed by atoms with Crippen LogP contribution in [0.25, 0.3) is 0 Å². The summed E-state index contributed by atoms with van der Waals surface area (Å²) in [6, 6.07) is 0. The van der Waals surface area contributed by atoms with Crippen molar-refractivity contribution in [1.29, 1.82) is 0 Å². The van der Waals surface area contributed by atoms with Gasteiger partial charge in [-0.15, -0.1) is 0 Å². The monoisotopic (exact) mass is 228 g/mol. The molecule has 1 aliphatic rings. The first-order valence-corrected chi connectivity index (χ1v) is 6.77. The predicted molar refractivity (Wildman–Crippen MR) is 67.7 cm³/mol. The number of ether oxygens (including phenoxy) is 2. The molecule has 0 aromatic rings. The van der Waals surface area contributed by atoms with Crippen molar-refractivity contribution in [2.24, 2.45) is 5.41 Å². The molecule has 2 heteroatoms. The molecular weight excluding hydrogens is 200 g/mol. The Labute approximate surface area is 101 Å². The van der Waals surface area contributed by atoms with Crippen LogP contribution >= 0.6 is 0 Å². The van der Waals surface area contributed by atoms with E-state index in [1.165, 1.54) is 32.1 Å². The minimum atomic E-state index is 0.298. The number of rotatable bonds is 6. The SMILES string of the molecule is CC(C)OCC1(COC(C)C)CCCCC1. The molecule has 0 unspecified atom stereocenters. The van der Waals surface area contributed by atoms with E-state index < -0.39 is 0 Å². The molecule has 0 heterocycles. The fraction of sp³-hybridized carbons (Fsp3) is 1.00. The van der Waals surface area contributed by atoms with Crippen LogP contribution in [0.5, 0.6) is 0 Å². The van der Waals surface area contributed by atoms with Crippen LogP contribution in [-0.2, 0) is 9.47 Å². The topological polar surface area (TPSA) is 18.5 Å². The van der Waals surface area contributed by atoms with Crippen molar-refractivity contribution in [1.82, 2.24) is 0 Å². The van der Waals surface area contributed by atoms with E-state index >= 15 is 0 Å². The van der Waals surface area contributed by atoms with Gasteiger partial charge in [-0.05, 0) is 40.5 Å². The Hall–Kier alpha value is -0.0800. The minimum absolute atomic E-state index is 0.298. The third-order valence-electron chi connectivity index (χ3n) is 3.36. The summed E-state index contributed by atoms with van der Waals surface area (Å²) in [6.07, 6.45) is 7.26. The fourth-order valence-electron chi connectivity index (χ4n) is 2.32. The lowest BCUT2D eigenvalue weighted by atomic mass is 9.75. The molecule has 1 aliphatic carbocycles. The van der Waals surface area contributed by atoms with Crippen LogP contribution in [-0.4, -0.2) is 25.4 Å². The summed E-state index contributed by atoms with van der Waals surface area (Å²) in [4.78, 5) is 0. The lowest BCUT2D eigenvalue weighted by Crippen LogP contribution is -2.36. The van der Waals surface area contributed by atoms with Crippen LogP contribution in [0.2, 0.25) is 0 Å². The van der Waals surface area contributed by atoms with Crippen LogP contribution in [0.1, 0.15) is 59.8 Å². The molecule has 0 aromatic heterocycles. The van der Waals surface area contributed by atoms with Gasteiger partial charge < -0.3 is 9.47 Å². The van der Waals surface area contributed by atoms with Crippen LogP contribution in [0.3, 0.4) is 0 Å². The first kappa shape index (κ1) is 14.0. The van der Waals surface area contributed by atoms with E-state index in [-0.39, 0.29) is 0 Å². The molecule has 1 rings (SSSR count). The molecule has 0 radical (unpaired) electrons. The number of hydrogen-bond donors (Lipinski definition) is 0. The molecule has 0 aliphatic heterocycles. The zero-order valence-corrected chi connectivity index (χ0v) is 11.4. The molecule has 0 spiro atoms. The molecule has 0 saturated heterocycles. The molecule has 16 heavy (non-hydrogen) atoms. The highest BCUT2D eigenvalue weighted by atomic mass is 16.5. The first-order valence-electron chi connectivity index (χ1n) is 6.77. The van der Waals surface area contributed by atoms with Gasteiger partial charge in [0, 0.05) is 5.41 Å². The van der Waals surface area contributed by atoms with E-state index in [0.717, 1.165) is 13.2 Å². The van der Waals surface area contributed by atoms with Crippen molar-refractivity contribution in [3.05, 3.63) is 0 Å². The molecule has 0 N–H and O–H groups in total. The molecule has 0 atom stereocenters. The van der Waals surface area contributed by atoms with E-state index in [1.807, 2.05) is 0 Å². The Morgan fingerprint density at radius 3 is 1.62 bits per heavy atom. The van der Waals surface area contributed by atoms with Crippen molar-refractivity contribution in [3.63, 3.8) is 0 Å². The van der Waals surface area contributed by atoms with Crippen molar-refractivity contribution in [3.8, 4) is 0 Å². The van der Waals surface area contributed by atoms with E-state index in [9.17, 15) is 0 Å². The van der Waals surface area contributed by atoms with Crippen LogP contribution in [0.4, 0.5) is 0 Å². The zero-order chi connectivity index (χ0) is 12.0. The van der Waals surface area contributed by atoms with E-state index in [2.05, 4.69) is 27.7 Å². The van der Waals surface area contributed by atoms with E-state index in [4.69, 9.17) is 9.47 Å². The van der Waals surface area contributed by atoms with Crippen LogP contribution < -0.4 is 0 Å². The van der Waals surface area contributed by atoms with Gasteiger partial charge in [0.1, 0.15) is 0 Å². The summed E-state index contributed by atoms with van der Waals surface area (Å²) < 4.78 is 11.7. The van der Waals surface area contributed by atoms with E-state index in [1.54, 1.807) is 0 Å². The second-order valence-electron chi connectivity index (χ2n) is 5.78. The maximum Gasteiger partial charge on any atom is 0.0547 e. The third-order valence-corrected chi connectivity index (χ3v) is 3.36. The lowest BCUT2D eigenvalue weighted by Gasteiger charge is -2.37. The van der Waals surface area contributed by atoms with Gasteiger partial charge in [-0.2, -0.15) is 0 Å². The van der Waals surface area contributed by atoms with Gasteiger partial charge in [0.2, 0.25) is 0 Å². The van der Waals surface area contributed by atoms with Crippen LogP contribution in [0.15, 0.2) is 0 Å². The predicted octanol–water partition coefficient (Wildman–Crippen LogP) is 3.79. The average molecular weight is 228 g/mol. The molecular formula is C14H28O2. The normalized spacial score (nSPS) is 20.6. The third kappa shape index (κ3) is 4.84. The first-order chi connectivity index (χ1) is 7.54. The minimum Gasteiger partial charge on any atom is -0.378 e. The van der Waals surface area contributed by atoms with Gasteiger partial charge in [0.25, 0.3) is 0 Å². The smallest absolute Gasteiger partial charge is 0.0547 e. The Morgan fingerprint density at radius 1 is 0.812 bits per heavy atom. The summed E-state index contributed by atoms with van der Waals surface area (Å²) >= 11 is 0. The zero-order valence-electron chi connectivity index (χ0n) is 11.4. The van der Waals surface area contributed by atoms with Gasteiger partial charge in [0.05, 0.1) is 25.4 Å². The van der Waals surface area contributed by atoms with Gasteiger partial charge >= 0.3 is 0 Å². The van der Waals surface area contributed by atoms with Crippen molar-refractivity contribution in [2.75, 3.05) is 13.2 Å². The maximum absolute atomic E-state index is 5.84. The molecule has 96 valence electrons. The molecule has 1 saturated carbocycles. The Morgan fingerprint density at radius 2 is 1.25 bits per heavy atom. The lowest BCUT2D eigenvalue weighted by molar-refractivity contribution is -0.0714. The standard InChI is InChI=1S/C14H28O2/c1-12(2)15-10-14(11-16-13(3)4)8-6-5-7-9-14/h12-13H,5-11H2,1-4H3. The molecule has 0 aromatic carbocycles. The summed E-state index contributed by atoms with van der Waals surface area (Å²) in [7, 11) is 0. The van der Waals surface area contributed by atoms with Crippen molar-refractivity contribution in [2.45, 2.75) is 72.0 Å². The largest absolute Gasteiger partial charge is 0.378 e. The summed E-state index contributed by atoms with van der Waals surface area (Å²) in [5.74, 6) is 0. The quantitative estimate of drug-likeness (QED) is 0.688. The highest BCUT2D eigenvalue weighted by molar-refractivity contribution is 4.83. The summed E-state index contributed by atoms with van der Waals surface area (Å²) in [5.41, 5.74) is 0.298. The molecule has 0 bridgehead atoms. The molecule has 2 nitrogen and oxygen atoms in total. The van der Waals surface area contributed by atoms with E-state index in [0.29, 0.717) is 17.6 Å². The van der Waals surface area contributed by atoms with Gasteiger partial charge in [-0.1, -0.05) is 19.3 Å². The molecule has 1 fully saturated rings. The Kier molecular flexibility index (Phi) is 5.77. The van der Waals surface area contributed by atoms with Crippen molar-refractivity contribution < 1.29 is 9.47 Å². The second-order valence-corrected chi connectivity index (χ2v) is 5.78. The van der Waals surface area contributed by atoms with Crippen LogP contribution in [0, 0.1) is 5.41 Å². The van der Waals surface area contributed by atoms with Gasteiger partial charge in [-0.3, -0.25) is 0 Å². The van der Waals surface area contributed by atoms with Crippen molar-refractivity contribution >= 4 is 0 Å². The fourth-order valence-corrected chi connectivity index (χ4v) is 2.32. The van der Waals surface area contributed by atoms with Gasteiger partial charge in [-0.25, -0.2) is 0 Å². The maximum atomic E-state index is 5.84. The number of hydrogen-bond acceptors (Lipinski definition) is 2. The summed E-state index contributed by atoms with van der Waals surface area (Å²) in [6.45, 7) is 10.2.